The second kappa shape index (κ2) is 7.76. The molecular weight excluding hydrogens is 443 g/mol. The number of anilines is 1. The van der Waals surface area contributed by atoms with Gasteiger partial charge in [-0.25, -0.2) is 13.4 Å². The Morgan fingerprint density at radius 1 is 1.21 bits per heavy atom. The van der Waals surface area contributed by atoms with Crippen LogP contribution in [0.4, 0.5) is 19.0 Å². The third kappa shape index (κ3) is 4.11. The van der Waals surface area contributed by atoms with Gasteiger partial charge in [0.1, 0.15) is 10.7 Å². The highest BCUT2D eigenvalue weighted by atomic mass is 35.5. The van der Waals surface area contributed by atoms with Crippen molar-refractivity contribution in [2.45, 2.75) is 17.4 Å². The lowest BCUT2D eigenvalue weighted by Gasteiger charge is -2.35. The molecule has 7 nitrogen and oxygen atoms in total. The van der Waals surface area contributed by atoms with E-state index in [1.165, 1.54) is 15.8 Å². The molecule has 1 saturated heterocycles. The maximum Gasteiger partial charge on any atom is 0.417 e. The van der Waals surface area contributed by atoms with E-state index in [1.54, 1.807) is 4.90 Å². The molecule has 2 aromatic heterocycles. The number of hydrogen-bond donors (Lipinski definition) is 2. The number of alkyl halides is 3. The third-order valence-electron chi connectivity index (χ3n) is 4.20. The number of sulfonamides is 1. The normalized spacial score (nSPS) is 16.8. The van der Waals surface area contributed by atoms with Gasteiger partial charge in [0, 0.05) is 32.4 Å². The number of pyridine rings is 1. The van der Waals surface area contributed by atoms with Gasteiger partial charge in [0.15, 0.2) is 6.29 Å². The maximum atomic E-state index is 12.8. The Bertz CT molecular complexity index is 958. The van der Waals surface area contributed by atoms with E-state index in [2.05, 4.69) is 4.98 Å². The van der Waals surface area contributed by atoms with Gasteiger partial charge in [-0.2, -0.15) is 17.5 Å². The topological polar surface area (TPSA) is 94.0 Å². The van der Waals surface area contributed by atoms with Crippen molar-refractivity contribution in [2.75, 3.05) is 31.1 Å². The van der Waals surface area contributed by atoms with Gasteiger partial charge in [-0.1, -0.05) is 11.6 Å². The van der Waals surface area contributed by atoms with Crippen LogP contribution in [0, 0.1) is 0 Å². The summed E-state index contributed by atoms with van der Waals surface area (Å²) in [6.45, 7) is 0.410. The third-order valence-corrected chi connectivity index (χ3v) is 7.52. The molecular formula is C15H15ClF3N3O4S2. The molecule has 1 aliphatic heterocycles. The van der Waals surface area contributed by atoms with Gasteiger partial charge in [0.05, 0.1) is 15.5 Å². The van der Waals surface area contributed by atoms with E-state index in [0.717, 1.165) is 17.4 Å². The van der Waals surface area contributed by atoms with Gasteiger partial charge in [0.25, 0.3) is 0 Å². The number of halogens is 4. The van der Waals surface area contributed by atoms with Gasteiger partial charge >= 0.3 is 6.18 Å². The molecule has 1 fully saturated rings. The van der Waals surface area contributed by atoms with Crippen LogP contribution in [0.1, 0.15) is 16.7 Å². The quantitative estimate of drug-likeness (QED) is 0.684. The molecule has 0 aromatic carbocycles. The van der Waals surface area contributed by atoms with Crippen LogP contribution in [-0.4, -0.2) is 54.1 Å². The summed E-state index contributed by atoms with van der Waals surface area (Å²) in [4.78, 5) is 5.14. The molecule has 3 heterocycles. The smallest absolute Gasteiger partial charge is 0.364 e. The minimum atomic E-state index is -4.56. The van der Waals surface area contributed by atoms with Crippen LogP contribution in [0.2, 0.25) is 5.02 Å². The molecule has 0 atom stereocenters. The van der Waals surface area contributed by atoms with Crippen molar-refractivity contribution in [3.63, 3.8) is 0 Å². The van der Waals surface area contributed by atoms with Crippen molar-refractivity contribution in [3.8, 4) is 0 Å². The van der Waals surface area contributed by atoms with Crippen molar-refractivity contribution < 1.29 is 31.8 Å². The summed E-state index contributed by atoms with van der Waals surface area (Å²) in [7, 11) is -3.94. The molecule has 0 radical (unpaired) electrons. The first-order valence-electron chi connectivity index (χ1n) is 7.93. The number of nitrogens with zero attached hydrogens (tertiary/aromatic N) is 3. The van der Waals surface area contributed by atoms with E-state index in [-0.39, 0.29) is 46.8 Å². The van der Waals surface area contributed by atoms with Crippen LogP contribution in [0.5, 0.6) is 0 Å². The van der Waals surface area contributed by atoms with Crippen molar-refractivity contribution in [2.24, 2.45) is 0 Å². The molecule has 0 spiro atoms. The highest BCUT2D eigenvalue weighted by molar-refractivity contribution is 7.89. The molecule has 1 aliphatic rings. The van der Waals surface area contributed by atoms with Crippen LogP contribution in [0.3, 0.4) is 0 Å². The van der Waals surface area contributed by atoms with Crippen LogP contribution >= 0.6 is 22.9 Å². The number of aromatic nitrogens is 1. The molecule has 0 saturated carbocycles. The Morgan fingerprint density at radius 3 is 2.39 bits per heavy atom. The van der Waals surface area contributed by atoms with Crippen molar-refractivity contribution in [3.05, 3.63) is 39.2 Å². The van der Waals surface area contributed by atoms with E-state index in [4.69, 9.17) is 11.6 Å². The largest absolute Gasteiger partial charge is 0.417 e. The number of hydrogen-bond acceptors (Lipinski definition) is 7. The number of aliphatic hydroxyl groups excluding tert-OH is 1. The minimum Gasteiger partial charge on any atom is -0.364 e. The molecule has 0 amide bonds. The van der Waals surface area contributed by atoms with Gasteiger partial charge in [-0.15, -0.1) is 11.3 Å². The minimum absolute atomic E-state index is 0.0399. The highest BCUT2D eigenvalue weighted by Crippen LogP contribution is 2.34. The standard InChI is InChI=1S/C15H15ClF3N3O4S2/c16-10-7-9(15(17,18)19)8-20-13(10)21-2-4-22(5-3-21)28(25,26)11-1-6-27-12(11)14(23)24/h1,6-8,14,23-24H,2-5H2. The second-order valence-electron chi connectivity index (χ2n) is 5.94. The molecule has 3 rings (SSSR count). The van der Waals surface area contributed by atoms with E-state index in [9.17, 15) is 31.8 Å². The zero-order valence-electron chi connectivity index (χ0n) is 14.1. The first kappa shape index (κ1) is 21.3. The number of aliphatic hydroxyl groups is 2. The zero-order chi connectivity index (χ0) is 20.7. The summed E-state index contributed by atoms with van der Waals surface area (Å²) in [5.41, 5.74) is -0.963. The Kier molecular flexibility index (Phi) is 5.90. The van der Waals surface area contributed by atoms with Gasteiger partial charge in [-0.05, 0) is 17.5 Å². The molecule has 0 unspecified atom stereocenters. The fourth-order valence-corrected chi connectivity index (χ4v) is 5.82. The number of rotatable bonds is 4. The molecule has 2 aromatic rings. The Morgan fingerprint density at radius 2 is 1.86 bits per heavy atom. The summed E-state index contributed by atoms with van der Waals surface area (Å²) >= 11 is 6.86. The lowest BCUT2D eigenvalue weighted by atomic mass is 10.2. The van der Waals surface area contributed by atoms with Crippen LogP contribution in [0.25, 0.3) is 0 Å². The average Bonchev–Trinajstić information content (AvgIpc) is 3.12. The van der Waals surface area contributed by atoms with E-state index in [1.807, 2.05) is 0 Å². The summed E-state index contributed by atoms with van der Waals surface area (Å²) < 4.78 is 64.9. The summed E-state index contributed by atoms with van der Waals surface area (Å²) in [5.74, 6) is 0.147. The fraction of sp³-hybridized carbons (Fsp3) is 0.400. The monoisotopic (exact) mass is 457 g/mol. The molecule has 2 N–H and O–H groups in total. The van der Waals surface area contributed by atoms with Gasteiger partial charge < -0.3 is 15.1 Å². The lowest BCUT2D eigenvalue weighted by Crippen LogP contribution is -2.49. The van der Waals surface area contributed by atoms with Crippen LogP contribution in [-0.2, 0) is 16.2 Å². The first-order valence-corrected chi connectivity index (χ1v) is 10.6. The Balaban J connectivity index is 1.75. The molecule has 0 aliphatic carbocycles. The predicted octanol–water partition coefficient (Wildman–Crippen LogP) is 2.31. The van der Waals surface area contributed by atoms with Crippen molar-refractivity contribution >= 4 is 38.8 Å². The first-order chi connectivity index (χ1) is 13.0. The predicted molar refractivity (Wildman–Crippen MR) is 96.7 cm³/mol. The van der Waals surface area contributed by atoms with Crippen LogP contribution in [0.15, 0.2) is 28.6 Å². The molecule has 28 heavy (non-hydrogen) atoms. The summed E-state index contributed by atoms with van der Waals surface area (Å²) in [6, 6.07) is 2.09. The van der Waals surface area contributed by atoms with Crippen LogP contribution < -0.4 is 4.90 Å². The van der Waals surface area contributed by atoms with Crippen molar-refractivity contribution in [1.82, 2.24) is 9.29 Å². The molecule has 0 bridgehead atoms. The zero-order valence-corrected chi connectivity index (χ0v) is 16.5. The van der Waals surface area contributed by atoms with E-state index >= 15 is 0 Å². The van der Waals surface area contributed by atoms with Crippen molar-refractivity contribution in [1.29, 1.82) is 0 Å². The van der Waals surface area contributed by atoms with E-state index < -0.39 is 28.1 Å². The number of piperazine rings is 1. The average molecular weight is 458 g/mol. The maximum absolute atomic E-state index is 12.8. The number of thiophene rings is 1. The van der Waals surface area contributed by atoms with E-state index in [0.29, 0.717) is 6.20 Å². The molecule has 154 valence electrons. The Hall–Kier alpha value is -1.44. The molecule has 13 heteroatoms. The fourth-order valence-electron chi connectivity index (χ4n) is 2.81. The van der Waals surface area contributed by atoms with Gasteiger partial charge in [0.2, 0.25) is 10.0 Å². The summed E-state index contributed by atoms with van der Waals surface area (Å²) in [5, 5.41) is 19.9. The highest BCUT2D eigenvalue weighted by Gasteiger charge is 2.34. The summed E-state index contributed by atoms with van der Waals surface area (Å²) in [6.07, 6.45) is -5.77. The second-order valence-corrected chi connectivity index (χ2v) is 9.20. The SMILES string of the molecule is O=S(=O)(c1ccsc1C(O)O)N1CCN(c2ncc(C(F)(F)F)cc2Cl)CC1. The van der Waals surface area contributed by atoms with Gasteiger partial charge in [-0.3, -0.25) is 0 Å². The Labute approximate surface area is 167 Å². The lowest BCUT2D eigenvalue weighted by molar-refractivity contribution is -0.137.